The fraction of sp³-hybridized carbons (Fsp3) is 0.250. The summed E-state index contributed by atoms with van der Waals surface area (Å²) >= 11 is 0. The van der Waals surface area contributed by atoms with E-state index in [1.165, 1.54) is 0 Å². The van der Waals surface area contributed by atoms with Crippen LogP contribution in [0.1, 0.15) is 24.5 Å². The van der Waals surface area contributed by atoms with Gasteiger partial charge in [0.05, 0.1) is 5.56 Å². The fourth-order valence-corrected chi connectivity index (χ4v) is 2.56. The number of benzene rings is 2. The number of alkyl halides is 3. The molecule has 0 amide bonds. The normalized spacial score (nSPS) is 12.5. The molecule has 0 unspecified atom stereocenters. The van der Waals surface area contributed by atoms with Gasteiger partial charge in [-0.15, -0.1) is 0 Å². The van der Waals surface area contributed by atoms with Crippen LogP contribution in [-0.4, -0.2) is 0 Å². The number of aryl methyl sites for hydroxylation is 1. The van der Waals surface area contributed by atoms with Gasteiger partial charge in [0.15, 0.2) is 22.8 Å². The second-order valence-corrected chi connectivity index (χ2v) is 5.07. The van der Waals surface area contributed by atoms with Gasteiger partial charge < -0.3 is 4.42 Å². The average Bonchev–Trinajstić information content (AvgIpc) is 2.82. The first kappa shape index (κ1) is 14.8. The van der Waals surface area contributed by atoms with E-state index in [9.17, 15) is 22.0 Å². The Balaban J connectivity index is 2.34. The Hall–Kier alpha value is -2.11. The quantitative estimate of drug-likeness (QED) is 0.542. The van der Waals surface area contributed by atoms with Gasteiger partial charge in [-0.3, -0.25) is 0 Å². The van der Waals surface area contributed by atoms with Gasteiger partial charge in [0, 0.05) is 10.8 Å². The standard InChI is InChI=1S/C16H11F5O/c1-2-3-8-4-5-9-10-6-7-11(16(19,20)21)13(18)15(10)22-14(9)12(8)17/h4-7H,2-3H2,1H3. The third-order valence-corrected chi connectivity index (χ3v) is 3.59. The zero-order valence-corrected chi connectivity index (χ0v) is 11.5. The van der Waals surface area contributed by atoms with Crippen molar-refractivity contribution in [1.29, 1.82) is 0 Å². The zero-order chi connectivity index (χ0) is 16.1. The zero-order valence-electron chi connectivity index (χ0n) is 11.5. The van der Waals surface area contributed by atoms with Gasteiger partial charge in [0.25, 0.3) is 0 Å². The lowest BCUT2D eigenvalue weighted by Crippen LogP contribution is -2.07. The summed E-state index contributed by atoms with van der Waals surface area (Å²) in [6.45, 7) is 1.87. The minimum absolute atomic E-state index is 0.127. The minimum Gasteiger partial charge on any atom is -0.450 e. The highest BCUT2D eigenvalue weighted by Gasteiger charge is 2.36. The first-order valence-electron chi connectivity index (χ1n) is 6.74. The maximum absolute atomic E-state index is 14.3. The largest absolute Gasteiger partial charge is 0.450 e. The lowest BCUT2D eigenvalue weighted by Gasteiger charge is -2.07. The molecule has 0 spiro atoms. The smallest absolute Gasteiger partial charge is 0.419 e. The molecule has 0 saturated carbocycles. The van der Waals surface area contributed by atoms with Crippen LogP contribution < -0.4 is 0 Å². The highest BCUT2D eigenvalue weighted by atomic mass is 19.4. The Morgan fingerprint density at radius 3 is 2.09 bits per heavy atom. The van der Waals surface area contributed by atoms with Crippen molar-refractivity contribution < 1.29 is 26.4 Å². The van der Waals surface area contributed by atoms with Gasteiger partial charge >= 0.3 is 6.18 Å². The lowest BCUT2D eigenvalue weighted by atomic mass is 10.0. The van der Waals surface area contributed by atoms with Crippen molar-refractivity contribution in [2.24, 2.45) is 0 Å². The van der Waals surface area contributed by atoms with E-state index in [2.05, 4.69) is 0 Å². The third kappa shape index (κ3) is 2.14. The highest BCUT2D eigenvalue weighted by Crippen LogP contribution is 2.39. The number of fused-ring (bicyclic) bond motifs is 3. The second kappa shape index (κ2) is 4.97. The molecule has 0 aliphatic heterocycles. The first-order chi connectivity index (χ1) is 10.3. The van der Waals surface area contributed by atoms with Crippen molar-refractivity contribution in [1.82, 2.24) is 0 Å². The highest BCUT2D eigenvalue weighted by molar-refractivity contribution is 6.05. The van der Waals surface area contributed by atoms with Gasteiger partial charge in [-0.1, -0.05) is 19.4 Å². The van der Waals surface area contributed by atoms with Crippen LogP contribution in [0.5, 0.6) is 0 Å². The molecular weight excluding hydrogens is 303 g/mol. The molecule has 0 fully saturated rings. The van der Waals surface area contributed by atoms with Crippen molar-refractivity contribution >= 4 is 21.9 Å². The third-order valence-electron chi connectivity index (χ3n) is 3.59. The summed E-state index contributed by atoms with van der Waals surface area (Å²) in [6, 6.07) is 4.84. The number of hydrogen-bond acceptors (Lipinski definition) is 1. The molecule has 1 heterocycles. The summed E-state index contributed by atoms with van der Waals surface area (Å²) in [5.74, 6) is -2.17. The van der Waals surface area contributed by atoms with E-state index < -0.39 is 29.0 Å². The van der Waals surface area contributed by atoms with Crippen LogP contribution in [0.15, 0.2) is 28.7 Å². The van der Waals surface area contributed by atoms with Crippen molar-refractivity contribution in [3.8, 4) is 0 Å². The summed E-state index contributed by atoms with van der Waals surface area (Å²) in [5.41, 5.74) is -1.81. The van der Waals surface area contributed by atoms with Gasteiger partial charge in [0.1, 0.15) is 0 Å². The molecule has 0 aliphatic rings. The summed E-state index contributed by atoms with van der Waals surface area (Å²) in [4.78, 5) is 0. The molecule has 3 rings (SSSR count). The summed E-state index contributed by atoms with van der Waals surface area (Å²) < 4.78 is 71.6. The Morgan fingerprint density at radius 1 is 0.909 bits per heavy atom. The number of rotatable bonds is 2. The van der Waals surface area contributed by atoms with Crippen LogP contribution in [0.2, 0.25) is 0 Å². The van der Waals surface area contributed by atoms with E-state index in [1.807, 2.05) is 6.92 Å². The van der Waals surface area contributed by atoms with Crippen LogP contribution >= 0.6 is 0 Å². The van der Waals surface area contributed by atoms with Gasteiger partial charge in [-0.2, -0.15) is 13.2 Å². The Morgan fingerprint density at radius 2 is 1.50 bits per heavy atom. The molecule has 22 heavy (non-hydrogen) atoms. The first-order valence-corrected chi connectivity index (χ1v) is 6.74. The van der Waals surface area contributed by atoms with E-state index in [0.717, 1.165) is 6.07 Å². The average molecular weight is 314 g/mol. The van der Waals surface area contributed by atoms with Crippen LogP contribution in [0.3, 0.4) is 0 Å². The van der Waals surface area contributed by atoms with Crippen LogP contribution in [0, 0.1) is 11.6 Å². The molecule has 0 atom stereocenters. The molecule has 2 aromatic carbocycles. The predicted molar refractivity (Wildman–Crippen MR) is 72.6 cm³/mol. The summed E-state index contributed by atoms with van der Waals surface area (Å²) in [5, 5.41) is 0.391. The molecule has 0 aliphatic carbocycles. The van der Waals surface area contributed by atoms with Gasteiger partial charge in [-0.25, -0.2) is 8.78 Å². The predicted octanol–water partition coefficient (Wildman–Crippen LogP) is 5.84. The molecular formula is C16H11F5O. The molecule has 3 aromatic rings. The molecule has 1 nitrogen and oxygen atoms in total. The molecule has 116 valence electrons. The topological polar surface area (TPSA) is 13.1 Å². The Bertz CT molecular complexity index is 860. The van der Waals surface area contributed by atoms with Gasteiger partial charge in [0.2, 0.25) is 0 Å². The molecule has 0 N–H and O–H groups in total. The van der Waals surface area contributed by atoms with Crippen molar-refractivity contribution in [2.75, 3.05) is 0 Å². The van der Waals surface area contributed by atoms with E-state index in [4.69, 9.17) is 4.42 Å². The maximum atomic E-state index is 14.3. The second-order valence-electron chi connectivity index (χ2n) is 5.07. The SMILES string of the molecule is CCCc1ccc2c(oc3c(F)c(C(F)(F)F)ccc32)c1F. The number of halogens is 5. The molecule has 0 bridgehead atoms. The van der Waals surface area contributed by atoms with E-state index in [-0.39, 0.29) is 16.4 Å². The minimum atomic E-state index is -4.83. The van der Waals surface area contributed by atoms with Crippen molar-refractivity contribution in [3.05, 3.63) is 47.0 Å². The number of furan rings is 1. The van der Waals surface area contributed by atoms with E-state index in [0.29, 0.717) is 24.5 Å². The maximum Gasteiger partial charge on any atom is 0.419 e. The number of hydrogen-bond donors (Lipinski definition) is 0. The molecule has 1 aromatic heterocycles. The Labute approximate surface area is 122 Å². The summed E-state index contributed by atoms with van der Waals surface area (Å²) in [6.07, 6.45) is -3.66. The van der Waals surface area contributed by atoms with Crippen molar-refractivity contribution in [3.63, 3.8) is 0 Å². The lowest BCUT2D eigenvalue weighted by molar-refractivity contribution is -0.139. The fourth-order valence-electron chi connectivity index (χ4n) is 2.56. The van der Waals surface area contributed by atoms with Crippen LogP contribution in [-0.2, 0) is 12.6 Å². The molecule has 0 saturated heterocycles. The van der Waals surface area contributed by atoms with Crippen LogP contribution in [0.25, 0.3) is 21.9 Å². The molecule has 6 heteroatoms. The molecule has 0 radical (unpaired) electrons. The van der Waals surface area contributed by atoms with Crippen LogP contribution in [0.4, 0.5) is 22.0 Å². The van der Waals surface area contributed by atoms with Gasteiger partial charge in [-0.05, 0) is 30.2 Å². The summed E-state index contributed by atoms with van der Waals surface area (Å²) in [7, 11) is 0. The monoisotopic (exact) mass is 314 g/mol. The van der Waals surface area contributed by atoms with Crippen molar-refractivity contribution in [2.45, 2.75) is 25.9 Å². The Kier molecular flexibility index (Phi) is 3.34. The van der Waals surface area contributed by atoms with E-state index in [1.54, 1.807) is 12.1 Å². The van der Waals surface area contributed by atoms with E-state index >= 15 is 0 Å².